The van der Waals surface area contributed by atoms with E-state index in [0.29, 0.717) is 73.7 Å². The third-order valence-electron chi connectivity index (χ3n) is 9.50. The van der Waals surface area contributed by atoms with Crippen molar-refractivity contribution in [1.29, 1.82) is 0 Å². The molecule has 2 N–H and O–H groups in total. The fourth-order valence-electron chi connectivity index (χ4n) is 6.85. The lowest BCUT2D eigenvalue weighted by Crippen LogP contribution is -2.49. The molecule has 0 saturated carbocycles. The number of nitrogens with zero attached hydrogens (tertiary/aromatic N) is 8. The lowest BCUT2D eigenvalue weighted by atomic mass is 9.93. The minimum Gasteiger partial charge on any atom is -0.496 e. The molecule has 0 spiro atoms. The van der Waals surface area contributed by atoms with Gasteiger partial charge in [0.2, 0.25) is 5.91 Å². The molecule has 14 heteroatoms. The number of methoxy groups -OCH3 is 1. The van der Waals surface area contributed by atoms with Crippen LogP contribution in [0.2, 0.25) is 0 Å². The second kappa shape index (κ2) is 13.1. The second-order valence-corrected chi connectivity index (χ2v) is 12.4. The number of carbonyl (C=O) groups is 2. The van der Waals surface area contributed by atoms with Gasteiger partial charge >= 0.3 is 0 Å². The SMILES string of the molecule is COc1ccccc1-c1cc(C2=CCCN(C(=O)CCn3ccnn3)C2)c(F)c2[nH]c(C(=O)N3CCN(c4cnc5cc[nH]c5n4)CC3)cc12. The van der Waals surface area contributed by atoms with Crippen LogP contribution in [0.3, 0.4) is 0 Å². The monoisotopic (exact) mass is 674 g/mol. The molecule has 0 bridgehead atoms. The van der Waals surface area contributed by atoms with E-state index in [2.05, 4.69) is 35.1 Å². The van der Waals surface area contributed by atoms with Crippen molar-refractivity contribution in [3.63, 3.8) is 0 Å². The summed E-state index contributed by atoms with van der Waals surface area (Å²) in [5.74, 6) is 0.659. The Labute approximate surface area is 286 Å². The Hall–Kier alpha value is -6.05. The zero-order valence-electron chi connectivity index (χ0n) is 27.5. The van der Waals surface area contributed by atoms with E-state index < -0.39 is 5.82 Å². The Morgan fingerprint density at radius 3 is 2.68 bits per heavy atom. The van der Waals surface area contributed by atoms with E-state index in [1.165, 1.54) is 0 Å². The molecule has 6 heterocycles. The van der Waals surface area contributed by atoms with Gasteiger partial charge in [0.05, 0.1) is 31.6 Å². The van der Waals surface area contributed by atoms with Gasteiger partial charge in [-0.1, -0.05) is 29.5 Å². The van der Waals surface area contributed by atoms with E-state index >= 15 is 4.39 Å². The summed E-state index contributed by atoms with van der Waals surface area (Å²) in [6.07, 6.45) is 9.69. The number of piperazine rings is 1. The van der Waals surface area contributed by atoms with E-state index in [-0.39, 0.29) is 30.3 Å². The molecule has 0 aliphatic carbocycles. The van der Waals surface area contributed by atoms with E-state index in [4.69, 9.17) is 4.74 Å². The zero-order valence-corrected chi connectivity index (χ0v) is 27.5. The third-order valence-corrected chi connectivity index (χ3v) is 9.50. The highest BCUT2D eigenvalue weighted by atomic mass is 19.1. The predicted molar refractivity (Wildman–Crippen MR) is 186 cm³/mol. The van der Waals surface area contributed by atoms with E-state index in [0.717, 1.165) is 28.1 Å². The number of anilines is 1. The second-order valence-electron chi connectivity index (χ2n) is 12.4. The van der Waals surface area contributed by atoms with Crippen LogP contribution < -0.4 is 9.64 Å². The summed E-state index contributed by atoms with van der Waals surface area (Å²) in [6, 6.07) is 13.0. The summed E-state index contributed by atoms with van der Waals surface area (Å²) in [7, 11) is 1.60. The Bertz CT molecular complexity index is 2230. The highest BCUT2D eigenvalue weighted by Gasteiger charge is 2.28. The Balaban J connectivity index is 1.08. The first-order chi connectivity index (χ1) is 24.5. The summed E-state index contributed by atoms with van der Waals surface area (Å²) >= 11 is 0. The van der Waals surface area contributed by atoms with Crippen molar-refractivity contribution in [3.05, 3.63) is 90.4 Å². The fraction of sp³-hybridized carbons (Fsp3) is 0.278. The van der Waals surface area contributed by atoms with E-state index in [9.17, 15) is 9.59 Å². The highest BCUT2D eigenvalue weighted by Crippen LogP contribution is 2.40. The van der Waals surface area contributed by atoms with Gasteiger partial charge in [0.25, 0.3) is 5.91 Å². The molecule has 0 unspecified atom stereocenters. The quantitative estimate of drug-likeness (QED) is 0.240. The number of fused-ring (bicyclic) bond motifs is 2. The number of benzene rings is 2. The molecule has 1 fully saturated rings. The summed E-state index contributed by atoms with van der Waals surface area (Å²) in [5.41, 5.74) is 4.63. The average molecular weight is 675 g/mol. The molecule has 4 aromatic heterocycles. The maximum absolute atomic E-state index is 16.7. The topological polar surface area (TPSA) is 141 Å². The summed E-state index contributed by atoms with van der Waals surface area (Å²) in [4.78, 5) is 48.1. The van der Waals surface area contributed by atoms with Gasteiger partial charge in [-0.25, -0.2) is 14.4 Å². The molecule has 2 aromatic carbocycles. The van der Waals surface area contributed by atoms with Gasteiger partial charge in [-0.15, -0.1) is 5.10 Å². The first-order valence-electron chi connectivity index (χ1n) is 16.6. The van der Waals surface area contributed by atoms with Gasteiger partial charge in [0, 0.05) is 74.6 Å². The van der Waals surface area contributed by atoms with Crippen LogP contribution in [-0.4, -0.2) is 103 Å². The lowest BCUT2D eigenvalue weighted by Gasteiger charge is -2.35. The normalized spacial score (nSPS) is 15.2. The number of aromatic nitrogens is 7. The van der Waals surface area contributed by atoms with Crippen LogP contribution in [0.1, 0.15) is 28.9 Å². The molecule has 0 atom stereocenters. The van der Waals surface area contributed by atoms with Crippen LogP contribution in [0.4, 0.5) is 10.2 Å². The third kappa shape index (κ3) is 5.82. The Morgan fingerprint density at radius 2 is 1.86 bits per heavy atom. The number of rotatable bonds is 8. The molecule has 254 valence electrons. The molecule has 2 amide bonds. The van der Waals surface area contributed by atoms with Crippen molar-refractivity contribution >= 4 is 45.3 Å². The Kier molecular flexibility index (Phi) is 8.18. The number of hydrogen-bond acceptors (Lipinski definition) is 8. The van der Waals surface area contributed by atoms with Crippen LogP contribution in [0, 0.1) is 5.82 Å². The van der Waals surface area contributed by atoms with E-state index in [1.807, 2.05) is 48.7 Å². The molecular weight excluding hydrogens is 639 g/mol. The maximum Gasteiger partial charge on any atom is 0.270 e. The van der Waals surface area contributed by atoms with Gasteiger partial charge in [-0.2, -0.15) is 0 Å². The number of carbonyl (C=O) groups excluding carboxylic acids is 2. The number of aromatic amines is 2. The van der Waals surface area contributed by atoms with Gasteiger partial charge in [0.1, 0.15) is 22.8 Å². The fourth-order valence-corrected chi connectivity index (χ4v) is 6.85. The highest BCUT2D eigenvalue weighted by molar-refractivity contribution is 6.05. The first-order valence-corrected chi connectivity index (χ1v) is 16.6. The largest absolute Gasteiger partial charge is 0.496 e. The molecule has 6 aromatic rings. The maximum atomic E-state index is 16.7. The van der Waals surface area contributed by atoms with Crippen LogP contribution in [-0.2, 0) is 11.3 Å². The first kappa shape index (κ1) is 31.2. The smallest absolute Gasteiger partial charge is 0.270 e. The van der Waals surface area contributed by atoms with Crippen LogP contribution in [0.25, 0.3) is 38.8 Å². The van der Waals surface area contributed by atoms with Gasteiger partial charge in [-0.05, 0) is 41.8 Å². The molecule has 0 radical (unpaired) electrons. The van der Waals surface area contributed by atoms with Crippen molar-refractivity contribution in [2.24, 2.45) is 0 Å². The summed E-state index contributed by atoms with van der Waals surface area (Å²) < 4.78 is 24.0. The average Bonchev–Trinajstić information content (AvgIpc) is 3.96. The molecule has 8 rings (SSSR count). The lowest BCUT2D eigenvalue weighted by molar-refractivity contribution is -0.131. The van der Waals surface area contributed by atoms with Crippen molar-refractivity contribution in [3.8, 4) is 16.9 Å². The number of amides is 2. The molecule has 50 heavy (non-hydrogen) atoms. The van der Waals surface area contributed by atoms with Crippen molar-refractivity contribution in [2.75, 3.05) is 51.3 Å². The molecule has 2 aliphatic heterocycles. The zero-order chi connectivity index (χ0) is 34.2. The molecule has 13 nitrogen and oxygen atoms in total. The van der Waals surface area contributed by atoms with E-state index in [1.54, 1.807) is 46.2 Å². The van der Waals surface area contributed by atoms with Crippen molar-refractivity contribution < 1.29 is 18.7 Å². The van der Waals surface area contributed by atoms with Gasteiger partial charge in [0.15, 0.2) is 11.5 Å². The van der Waals surface area contributed by atoms with Gasteiger partial charge in [-0.3, -0.25) is 14.3 Å². The van der Waals surface area contributed by atoms with Gasteiger partial charge < -0.3 is 29.4 Å². The van der Waals surface area contributed by atoms with Crippen LogP contribution in [0.5, 0.6) is 5.75 Å². The molecule has 2 aliphatic rings. The number of aryl methyl sites for hydroxylation is 1. The van der Waals surface area contributed by atoms with Crippen LogP contribution >= 0.6 is 0 Å². The number of halogens is 1. The predicted octanol–water partition coefficient (Wildman–Crippen LogP) is 4.51. The summed E-state index contributed by atoms with van der Waals surface area (Å²) in [6.45, 7) is 3.34. The minimum atomic E-state index is -0.469. The number of para-hydroxylation sites is 1. The number of ether oxygens (including phenoxy) is 1. The van der Waals surface area contributed by atoms with Crippen LogP contribution in [0.15, 0.2) is 73.3 Å². The Morgan fingerprint density at radius 1 is 1.00 bits per heavy atom. The molecule has 1 saturated heterocycles. The standard InChI is InChI=1S/C36H35FN10O3/c1-50-30-7-3-2-6-24(30)26-19-25(23-5-4-12-46(22-23)32(48)9-13-47-14-11-40-43-47)33(37)34-27(26)20-29(41-34)36(49)45-17-15-44(16-18-45)31-21-39-28-8-10-38-35(28)42-31/h2-3,5-8,10-11,14,19-21,41H,4,9,12-13,15-18,22H2,1H3,(H,38,42). The number of H-pyrrole nitrogens is 2. The summed E-state index contributed by atoms with van der Waals surface area (Å²) in [5, 5.41) is 8.32. The number of nitrogens with one attached hydrogen (secondary N) is 2. The van der Waals surface area contributed by atoms with Crippen molar-refractivity contribution in [2.45, 2.75) is 19.4 Å². The van der Waals surface area contributed by atoms with Crippen molar-refractivity contribution in [1.82, 2.24) is 44.7 Å². The minimum absolute atomic E-state index is 0.0396. The number of hydrogen-bond donors (Lipinski definition) is 2. The molecular formula is C36H35FN10O3.